The van der Waals surface area contributed by atoms with Crippen LogP contribution in [0.4, 0.5) is 13.2 Å². The van der Waals surface area contributed by atoms with Gasteiger partial charge in [-0.25, -0.2) is 4.98 Å². The fourth-order valence-corrected chi connectivity index (χ4v) is 3.03. The molecule has 0 unspecified atom stereocenters. The molecule has 2 heterocycles. The summed E-state index contributed by atoms with van der Waals surface area (Å²) < 4.78 is 45.2. The van der Waals surface area contributed by atoms with Crippen LogP contribution in [-0.4, -0.2) is 58.5 Å². The van der Waals surface area contributed by atoms with Gasteiger partial charge in [0.25, 0.3) is 0 Å². The Bertz CT molecular complexity index is 531. The van der Waals surface area contributed by atoms with Gasteiger partial charge < -0.3 is 19.3 Å². The van der Waals surface area contributed by atoms with Crippen molar-refractivity contribution in [1.29, 1.82) is 0 Å². The number of fused-ring (bicyclic) bond motifs is 1. The number of imidazole rings is 1. The maximum absolute atomic E-state index is 12.7. The van der Waals surface area contributed by atoms with Crippen LogP contribution in [0.1, 0.15) is 31.8 Å². The van der Waals surface area contributed by atoms with Crippen molar-refractivity contribution in [2.45, 2.75) is 51.6 Å². The van der Waals surface area contributed by atoms with E-state index >= 15 is 0 Å². The number of aromatic nitrogens is 2. The van der Waals surface area contributed by atoms with Gasteiger partial charge in [0.1, 0.15) is 5.82 Å². The highest BCUT2D eigenvalue weighted by atomic mass is 19.4. The minimum atomic E-state index is -4.39. The predicted molar refractivity (Wildman–Crippen MR) is 83.6 cm³/mol. The van der Waals surface area contributed by atoms with Gasteiger partial charge >= 0.3 is 6.18 Å². The van der Waals surface area contributed by atoms with E-state index in [0.29, 0.717) is 25.3 Å². The van der Waals surface area contributed by atoms with Gasteiger partial charge in [-0.05, 0) is 33.2 Å². The average Bonchev–Trinajstić information content (AvgIpc) is 2.88. The molecule has 0 aromatic carbocycles. The van der Waals surface area contributed by atoms with Gasteiger partial charge in [-0.1, -0.05) is 0 Å². The first-order chi connectivity index (χ1) is 11.1. The van der Waals surface area contributed by atoms with Crippen molar-refractivity contribution in [2.75, 3.05) is 26.7 Å². The Morgan fingerprint density at radius 2 is 2.17 bits per heavy atom. The van der Waals surface area contributed by atoms with Crippen LogP contribution in [0.15, 0.2) is 6.20 Å². The lowest BCUT2D eigenvalue weighted by Gasteiger charge is -2.29. The van der Waals surface area contributed by atoms with Crippen LogP contribution in [-0.2, 0) is 23.9 Å². The maximum atomic E-state index is 12.7. The number of nitrogens with zero attached hydrogens (tertiary/aromatic N) is 3. The maximum Gasteiger partial charge on any atom is 0.434 e. The zero-order chi connectivity index (χ0) is 17.9. The second kappa shape index (κ2) is 7.84. The van der Waals surface area contributed by atoms with Crippen LogP contribution in [0.2, 0.25) is 0 Å². The number of hydrogen-bond donors (Lipinski definition) is 1. The van der Waals surface area contributed by atoms with Crippen LogP contribution < -0.4 is 0 Å². The molecule has 1 aromatic heterocycles. The Hall–Kier alpha value is -1.12. The molecule has 0 aliphatic carbocycles. The predicted octanol–water partition coefficient (Wildman–Crippen LogP) is 2.18. The molecule has 1 N–H and O–H groups in total. The molecule has 0 saturated carbocycles. The van der Waals surface area contributed by atoms with E-state index in [1.165, 1.54) is 0 Å². The van der Waals surface area contributed by atoms with E-state index in [4.69, 9.17) is 4.74 Å². The number of rotatable bonds is 7. The van der Waals surface area contributed by atoms with Crippen LogP contribution in [0.3, 0.4) is 0 Å². The van der Waals surface area contributed by atoms with Crippen LogP contribution in [0.25, 0.3) is 0 Å². The van der Waals surface area contributed by atoms with Gasteiger partial charge in [0, 0.05) is 32.3 Å². The molecule has 0 fully saturated rings. The van der Waals surface area contributed by atoms with Crippen molar-refractivity contribution >= 4 is 0 Å². The quantitative estimate of drug-likeness (QED) is 0.820. The molecule has 1 aliphatic heterocycles. The van der Waals surface area contributed by atoms with Crippen molar-refractivity contribution in [3.8, 4) is 0 Å². The molecule has 0 bridgehead atoms. The largest absolute Gasteiger partial charge is 0.434 e. The average molecular weight is 349 g/mol. The van der Waals surface area contributed by atoms with E-state index < -0.39 is 18.0 Å². The number of hydrogen-bond acceptors (Lipinski definition) is 4. The Kier molecular flexibility index (Phi) is 6.28. The molecule has 1 aliphatic rings. The van der Waals surface area contributed by atoms with E-state index in [-0.39, 0.29) is 18.6 Å². The Labute approximate surface area is 140 Å². The molecule has 2 rings (SSSR count). The second-order valence-corrected chi connectivity index (χ2v) is 6.85. The molecule has 1 aromatic rings. The minimum absolute atomic E-state index is 0.0748. The standard InChI is InChI=1S/C16H26F3N3O2/c1-11(2)24-10-13(23)8-21(3)6-12-4-5-15-20-14(16(17,18)19)9-22(15)7-12/h9,11-13,23H,4-8,10H2,1-3H3/t12-,13+/m1/s1. The van der Waals surface area contributed by atoms with Gasteiger partial charge in [-0.3, -0.25) is 0 Å². The van der Waals surface area contributed by atoms with Crippen molar-refractivity contribution in [2.24, 2.45) is 5.92 Å². The summed E-state index contributed by atoms with van der Waals surface area (Å²) in [6, 6.07) is 0. The summed E-state index contributed by atoms with van der Waals surface area (Å²) in [5.41, 5.74) is -0.812. The Morgan fingerprint density at radius 1 is 1.46 bits per heavy atom. The Balaban J connectivity index is 1.83. The third-order valence-electron chi connectivity index (χ3n) is 4.09. The number of halogens is 3. The number of aliphatic hydroxyl groups is 1. The minimum Gasteiger partial charge on any atom is -0.389 e. The number of aryl methyl sites for hydroxylation is 1. The molecule has 0 amide bonds. The summed E-state index contributed by atoms with van der Waals surface area (Å²) in [6.07, 6.45) is -2.43. The van der Waals surface area contributed by atoms with Gasteiger partial charge in [0.15, 0.2) is 5.69 Å². The summed E-state index contributed by atoms with van der Waals surface area (Å²) in [4.78, 5) is 5.70. The van der Waals surface area contributed by atoms with E-state index in [1.807, 2.05) is 25.8 Å². The van der Waals surface area contributed by atoms with Gasteiger partial charge in [-0.15, -0.1) is 0 Å². The SMILES string of the molecule is CC(C)OC[C@@H](O)CN(C)C[C@H]1CCc2nc(C(F)(F)F)cn2C1. The highest BCUT2D eigenvalue weighted by Gasteiger charge is 2.35. The van der Waals surface area contributed by atoms with Crippen molar-refractivity contribution < 1.29 is 23.0 Å². The first-order valence-corrected chi connectivity index (χ1v) is 8.26. The summed E-state index contributed by atoms with van der Waals surface area (Å²) in [7, 11) is 1.91. The highest BCUT2D eigenvalue weighted by molar-refractivity contribution is 5.09. The lowest BCUT2D eigenvalue weighted by atomic mass is 9.99. The van der Waals surface area contributed by atoms with Crippen LogP contribution in [0.5, 0.6) is 0 Å². The summed E-state index contributed by atoms with van der Waals surface area (Å²) in [6.45, 7) is 5.84. The summed E-state index contributed by atoms with van der Waals surface area (Å²) >= 11 is 0. The van der Waals surface area contributed by atoms with Crippen molar-refractivity contribution in [3.05, 3.63) is 17.7 Å². The normalized spacial score (nSPS) is 19.8. The lowest BCUT2D eigenvalue weighted by Crippen LogP contribution is -2.37. The van der Waals surface area contributed by atoms with Gasteiger partial charge in [-0.2, -0.15) is 13.2 Å². The molecule has 0 saturated heterocycles. The molecule has 2 atom stereocenters. The third kappa shape index (κ3) is 5.46. The van der Waals surface area contributed by atoms with E-state index in [2.05, 4.69) is 4.98 Å². The summed E-state index contributed by atoms with van der Waals surface area (Å²) in [5, 5.41) is 9.94. The van der Waals surface area contributed by atoms with Crippen LogP contribution in [0, 0.1) is 5.92 Å². The lowest BCUT2D eigenvalue weighted by molar-refractivity contribution is -0.141. The first kappa shape index (κ1) is 19.2. The molecule has 138 valence electrons. The molecule has 5 nitrogen and oxygen atoms in total. The van der Waals surface area contributed by atoms with Crippen molar-refractivity contribution in [3.63, 3.8) is 0 Å². The Morgan fingerprint density at radius 3 is 2.79 bits per heavy atom. The second-order valence-electron chi connectivity index (χ2n) is 6.85. The molecular formula is C16H26F3N3O2. The molecular weight excluding hydrogens is 323 g/mol. The van der Waals surface area contributed by atoms with E-state index in [0.717, 1.165) is 19.2 Å². The molecule has 0 radical (unpaired) electrons. The number of ether oxygens (including phenoxy) is 1. The van der Waals surface area contributed by atoms with Gasteiger partial charge in [0.05, 0.1) is 18.8 Å². The topological polar surface area (TPSA) is 50.5 Å². The van der Waals surface area contributed by atoms with Crippen molar-refractivity contribution in [1.82, 2.24) is 14.5 Å². The highest BCUT2D eigenvalue weighted by Crippen LogP contribution is 2.30. The molecule has 0 spiro atoms. The first-order valence-electron chi connectivity index (χ1n) is 8.26. The third-order valence-corrected chi connectivity index (χ3v) is 4.09. The monoisotopic (exact) mass is 349 g/mol. The summed E-state index contributed by atoms with van der Waals surface area (Å²) in [5.74, 6) is 0.752. The van der Waals surface area contributed by atoms with E-state index in [9.17, 15) is 18.3 Å². The smallest absolute Gasteiger partial charge is 0.389 e. The zero-order valence-electron chi connectivity index (χ0n) is 14.4. The fraction of sp³-hybridized carbons (Fsp3) is 0.812. The fourth-order valence-electron chi connectivity index (χ4n) is 3.03. The zero-order valence-corrected chi connectivity index (χ0v) is 14.4. The number of aliphatic hydroxyl groups excluding tert-OH is 1. The molecule has 8 heteroatoms. The van der Waals surface area contributed by atoms with Crippen LogP contribution >= 0.6 is 0 Å². The number of likely N-dealkylation sites (N-methyl/N-ethyl adjacent to an activating group) is 1. The van der Waals surface area contributed by atoms with Gasteiger partial charge in [0.2, 0.25) is 0 Å². The van der Waals surface area contributed by atoms with E-state index in [1.54, 1.807) is 4.57 Å². The number of alkyl halides is 3. The molecule has 24 heavy (non-hydrogen) atoms.